The Morgan fingerprint density at radius 3 is 2.52 bits per heavy atom. The summed E-state index contributed by atoms with van der Waals surface area (Å²) in [5, 5.41) is 0. The molecule has 1 aromatic carbocycles. The first kappa shape index (κ1) is 19.5. The average Bonchev–Trinajstić information content (AvgIpc) is 3.04. The van der Waals surface area contributed by atoms with E-state index < -0.39 is 0 Å². The number of rotatable bonds is 4. The summed E-state index contributed by atoms with van der Waals surface area (Å²) in [5.74, 6) is 1.23. The molecule has 7 nitrogen and oxygen atoms in total. The van der Waals surface area contributed by atoms with Gasteiger partial charge in [0.25, 0.3) is 5.56 Å². The van der Waals surface area contributed by atoms with Gasteiger partial charge in [-0.2, -0.15) is 0 Å². The highest BCUT2D eigenvalue weighted by Gasteiger charge is 2.36. The molecule has 0 aliphatic carbocycles. The number of hydrogen-bond donors (Lipinski definition) is 1. The minimum Gasteiger partial charge on any atom is -0.267 e. The first-order valence-electron chi connectivity index (χ1n) is 10.4. The van der Waals surface area contributed by atoms with Gasteiger partial charge in [-0.25, -0.2) is 19.2 Å². The van der Waals surface area contributed by atoms with Gasteiger partial charge in [0.05, 0.1) is 13.1 Å². The second-order valence-electron chi connectivity index (χ2n) is 8.47. The first-order chi connectivity index (χ1) is 13.8. The molecule has 0 amide bonds. The summed E-state index contributed by atoms with van der Waals surface area (Å²) in [6.45, 7) is 10.5. The van der Waals surface area contributed by atoms with Gasteiger partial charge in [-0.1, -0.05) is 26.3 Å². The topological polar surface area (TPSA) is 66.9 Å². The fraction of sp³-hybridized carbons (Fsp3) is 0.500. The molecule has 3 heterocycles. The van der Waals surface area contributed by atoms with Crippen molar-refractivity contribution < 1.29 is 4.57 Å². The van der Waals surface area contributed by atoms with E-state index in [9.17, 15) is 9.59 Å². The number of imidazole rings is 1. The number of aromatic amines is 1. The molecule has 2 aromatic heterocycles. The molecule has 1 aliphatic heterocycles. The van der Waals surface area contributed by atoms with Crippen LogP contribution in [0.1, 0.15) is 37.8 Å². The van der Waals surface area contributed by atoms with E-state index in [0.717, 1.165) is 37.6 Å². The number of aromatic nitrogens is 4. The number of anilines is 2. The van der Waals surface area contributed by atoms with E-state index in [1.807, 2.05) is 0 Å². The molecular formula is C22H30N5O2+. The summed E-state index contributed by atoms with van der Waals surface area (Å²) in [7, 11) is 1.74. The van der Waals surface area contributed by atoms with Crippen molar-refractivity contribution in [2.75, 3.05) is 11.4 Å². The molecule has 0 unspecified atom stereocenters. The smallest absolute Gasteiger partial charge is 0.267 e. The maximum atomic E-state index is 13.3. The molecule has 0 bridgehead atoms. The number of nitrogens with one attached hydrogen (secondary N) is 1. The average molecular weight is 397 g/mol. The molecule has 0 saturated carbocycles. The van der Waals surface area contributed by atoms with Gasteiger partial charge in [-0.05, 0) is 43.5 Å². The second kappa shape index (κ2) is 7.21. The van der Waals surface area contributed by atoms with E-state index in [2.05, 4.69) is 60.3 Å². The molecule has 29 heavy (non-hydrogen) atoms. The molecule has 1 atom stereocenters. The Morgan fingerprint density at radius 1 is 1.17 bits per heavy atom. The van der Waals surface area contributed by atoms with Gasteiger partial charge in [0, 0.05) is 19.5 Å². The van der Waals surface area contributed by atoms with E-state index in [1.165, 1.54) is 15.7 Å². The predicted octanol–water partition coefficient (Wildman–Crippen LogP) is 2.52. The third kappa shape index (κ3) is 3.18. The first-order valence-corrected chi connectivity index (χ1v) is 10.4. The zero-order chi connectivity index (χ0) is 20.9. The van der Waals surface area contributed by atoms with E-state index in [0.29, 0.717) is 23.6 Å². The molecule has 0 spiro atoms. The highest BCUT2D eigenvalue weighted by molar-refractivity contribution is 5.70. The summed E-state index contributed by atoms with van der Waals surface area (Å²) in [6, 6.07) is 6.49. The van der Waals surface area contributed by atoms with Crippen molar-refractivity contribution in [3.63, 3.8) is 0 Å². The molecule has 154 valence electrons. The van der Waals surface area contributed by atoms with Gasteiger partial charge >= 0.3 is 11.6 Å². The van der Waals surface area contributed by atoms with Crippen LogP contribution in [0.25, 0.3) is 11.2 Å². The molecule has 1 N–H and O–H groups in total. The predicted molar refractivity (Wildman–Crippen MR) is 115 cm³/mol. The minimum absolute atomic E-state index is 0.200. The Balaban J connectivity index is 1.98. The fourth-order valence-corrected chi connectivity index (χ4v) is 4.42. The van der Waals surface area contributed by atoms with Gasteiger partial charge in [0.2, 0.25) is 11.2 Å². The number of benzene rings is 1. The monoisotopic (exact) mass is 396 g/mol. The Morgan fingerprint density at radius 2 is 1.86 bits per heavy atom. The summed E-state index contributed by atoms with van der Waals surface area (Å²) in [6.07, 6.45) is 1.74. The van der Waals surface area contributed by atoms with Gasteiger partial charge in [0.15, 0.2) is 0 Å². The number of nitrogens with zero attached hydrogens (tertiary/aromatic N) is 4. The highest BCUT2D eigenvalue weighted by atomic mass is 16.2. The summed E-state index contributed by atoms with van der Waals surface area (Å²) in [5.41, 5.74) is 4.22. The highest BCUT2D eigenvalue weighted by Crippen LogP contribution is 2.29. The van der Waals surface area contributed by atoms with E-state index in [1.54, 1.807) is 11.6 Å². The summed E-state index contributed by atoms with van der Waals surface area (Å²) >= 11 is 0. The van der Waals surface area contributed by atoms with Gasteiger partial charge in [-0.3, -0.25) is 13.9 Å². The maximum Gasteiger partial charge on any atom is 0.364 e. The van der Waals surface area contributed by atoms with Crippen molar-refractivity contribution >= 4 is 22.8 Å². The van der Waals surface area contributed by atoms with Crippen LogP contribution >= 0.6 is 0 Å². The van der Waals surface area contributed by atoms with Gasteiger partial charge in [0.1, 0.15) is 5.69 Å². The zero-order valence-electron chi connectivity index (χ0n) is 18.0. The third-order valence-corrected chi connectivity index (χ3v) is 5.78. The Hall–Kier alpha value is -2.83. The lowest BCUT2D eigenvalue weighted by Gasteiger charge is -2.27. The van der Waals surface area contributed by atoms with Crippen LogP contribution in [-0.2, 0) is 20.1 Å². The maximum absolute atomic E-state index is 13.3. The Labute approximate surface area is 170 Å². The standard InChI is InChI=1S/C22H29N5O2/c1-6-7-8-25-20(28)18-19(24(5)22(25)29)23-21-26(12-16(4)13-27(18)21)17-10-14(2)9-15(3)11-17/h9-11,16H,6-8,12-13H2,1-5H3/p+1/t16-/m1/s1. The molecule has 3 aromatic rings. The Kier molecular flexibility index (Phi) is 4.84. The van der Waals surface area contributed by atoms with Crippen LogP contribution in [0, 0.1) is 19.8 Å². The minimum atomic E-state index is -0.263. The van der Waals surface area contributed by atoms with Crippen molar-refractivity contribution in [3.8, 4) is 0 Å². The number of hydrogen-bond acceptors (Lipinski definition) is 3. The van der Waals surface area contributed by atoms with Crippen LogP contribution in [0.5, 0.6) is 0 Å². The summed E-state index contributed by atoms with van der Waals surface area (Å²) in [4.78, 5) is 31.7. The molecule has 0 fully saturated rings. The molecule has 1 aliphatic rings. The quantitative estimate of drug-likeness (QED) is 0.689. The van der Waals surface area contributed by atoms with E-state index in [4.69, 9.17) is 0 Å². The lowest BCUT2D eigenvalue weighted by atomic mass is 10.1. The van der Waals surface area contributed by atoms with Gasteiger partial charge < -0.3 is 0 Å². The SMILES string of the molecule is CCCCn1c(=O)c2c([nH]c3[n+]2C[C@H](C)CN3c2cc(C)cc(C)c2)n(C)c1=O. The van der Waals surface area contributed by atoms with Crippen LogP contribution in [0.4, 0.5) is 11.6 Å². The van der Waals surface area contributed by atoms with Crippen molar-refractivity contribution in [1.82, 2.24) is 14.1 Å². The van der Waals surface area contributed by atoms with Crippen molar-refractivity contribution in [2.45, 2.75) is 53.6 Å². The van der Waals surface area contributed by atoms with Crippen LogP contribution in [0.15, 0.2) is 27.8 Å². The normalized spacial score (nSPS) is 16.4. The molecule has 0 radical (unpaired) electrons. The Bertz CT molecular complexity index is 1180. The molecule has 7 heteroatoms. The number of H-pyrrole nitrogens is 1. The number of fused-ring (bicyclic) bond motifs is 3. The lowest BCUT2D eigenvalue weighted by Crippen LogP contribution is -2.52. The second-order valence-corrected chi connectivity index (χ2v) is 8.47. The third-order valence-electron chi connectivity index (χ3n) is 5.78. The largest absolute Gasteiger partial charge is 0.364 e. The van der Waals surface area contributed by atoms with Crippen molar-refractivity contribution in [1.29, 1.82) is 0 Å². The molecule has 4 rings (SSSR count). The summed E-state index contributed by atoms with van der Waals surface area (Å²) < 4.78 is 5.01. The van der Waals surface area contributed by atoms with Crippen LogP contribution in [-0.4, -0.2) is 20.7 Å². The van der Waals surface area contributed by atoms with Gasteiger partial charge in [-0.15, -0.1) is 0 Å². The molecular weight excluding hydrogens is 366 g/mol. The number of aryl methyl sites for hydroxylation is 3. The zero-order valence-corrected chi connectivity index (χ0v) is 18.0. The van der Waals surface area contributed by atoms with E-state index in [-0.39, 0.29) is 11.2 Å². The van der Waals surface area contributed by atoms with E-state index >= 15 is 0 Å². The fourth-order valence-electron chi connectivity index (χ4n) is 4.42. The van der Waals surface area contributed by atoms with Crippen LogP contribution in [0.3, 0.4) is 0 Å². The van der Waals surface area contributed by atoms with Crippen LogP contribution < -0.4 is 20.7 Å². The molecule has 0 saturated heterocycles. The lowest BCUT2D eigenvalue weighted by molar-refractivity contribution is -0.669. The number of unbranched alkanes of at least 4 members (excludes halogenated alkanes) is 1. The van der Waals surface area contributed by atoms with Crippen molar-refractivity contribution in [3.05, 3.63) is 50.2 Å². The van der Waals surface area contributed by atoms with Crippen molar-refractivity contribution in [2.24, 2.45) is 13.0 Å². The van der Waals surface area contributed by atoms with Crippen LogP contribution in [0.2, 0.25) is 0 Å².